The molecule has 6 nitrogen and oxygen atoms in total. The van der Waals surface area contributed by atoms with E-state index in [-0.39, 0.29) is 29.5 Å². The van der Waals surface area contributed by atoms with Crippen LogP contribution in [0.3, 0.4) is 0 Å². The van der Waals surface area contributed by atoms with Gasteiger partial charge in [-0.2, -0.15) is 0 Å². The topological polar surface area (TPSA) is 65.0 Å². The van der Waals surface area contributed by atoms with Crippen LogP contribution in [0.25, 0.3) is 0 Å². The fraction of sp³-hybridized carbons (Fsp3) is 0.591. The van der Waals surface area contributed by atoms with Crippen molar-refractivity contribution < 1.29 is 9.59 Å². The average Bonchev–Trinajstić information content (AvgIpc) is 2.90. The van der Waals surface area contributed by atoms with Gasteiger partial charge in [0.05, 0.1) is 5.69 Å². The van der Waals surface area contributed by atoms with Gasteiger partial charge >= 0.3 is 0 Å². The molecule has 0 spiro atoms. The second-order valence-corrected chi connectivity index (χ2v) is 9.39. The molecule has 1 aromatic carbocycles. The minimum Gasteiger partial charge on any atom is -0.356 e. The van der Waals surface area contributed by atoms with E-state index in [9.17, 15) is 9.59 Å². The molecule has 158 valence electrons. The zero-order valence-corrected chi connectivity index (χ0v) is 18.7. The molecule has 1 saturated carbocycles. The van der Waals surface area contributed by atoms with Crippen molar-refractivity contribution in [2.45, 2.75) is 57.2 Å². The molecule has 2 aliphatic rings. The number of carbonyl (C=O) groups is 2. The minimum absolute atomic E-state index is 0.0344. The van der Waals surface area contributed by atoms with Crippen molar-refractivity contribution in [3.63, 3.8) is 0 Å². The van der Waals surface area contributed by atoms with Gasteiger partial charge in [-0.3, -0.25) is 14.5 Å². The van der Waals surface area contributed by atoms with Crippen molar-refractivity contribution in [3.05, 3.63) is 29.3 Å². The number of benzene rings is 1. The molecule has 1 heterocycles. The van der Waals surface area contributed by atoms with E-state index in [0.29, 0.717) is 6.54 Å². The van der Waals surface area contributed by atoms with Gasteiger partial charge in [-0.15, -0.1) is 0 Å². The molecular weight excluding hydrogens is 384 g/mol. The van der Waals surface area contributed by atoms with Crippen LogP contribution in [0.5, 0.6) is 0 Å². The highest BCUT2D eigenvalue weighted by Gasteiger charge is 2.44. The van der Waals surface area contributed by atoms with Gasteiger partial charge in [-0.25, -0.2) is 4.99 Å². The molecular formula is C22H32N4O2S. The fourth-order valence-corrected chi connectivity index (χ4v) is 4.70. The molecule has 0 aromatic heterocycles. The predicted octanol–water partition coefficient (Wildman–Crippen LogP) is 3.25. The molecule has 29 heavy (non-hydrogen) atoms. The van der Waals surface area contributed by atoms with Crippen LogP contribution in [-0.2, 0) is 9.59 Å². The maximum absolute atomic E-state index is 13.1. The summed E-state index contributed by atoms with van der Waals surface area (Å²) in [5, 5.41) is 3.32. The predicted molar refractivity (Wildman–Crippen MR) is 120 cm³/mol. The molecule has 1 atom stereocenters. The number of amides is 2. The van der Waals surface area contributed by atoms with E-state index in [2.05, 4.69) is 30.1 Å². The molecule has 7 heteroatoms. The SMILES string of the molecule is Cc1cccc(N=C2SC(CC(=O)NCCCN(C)C)C(=O)N2C2CCC2)c1C. The van der Waals surface area contributed by atoms with Crippen molar-refractivity contribution >= 4 is 34.4 Å². The van der Waals surface area contributed by atoms with Crippen LogP contribution in [0.2, 0.25) is 0 Å². The van der Waals surface area contributed by atoms with Gasteiger partial charge in [-0.05, 0) is 77.4 Å². The highest BCUT2D eigenvalue weighted by atomic mass is 32.2. The fourth-order valence-electron chi connectivity index (χ4n) is 3.50. The molecule has 1 N–H and O–H groups in total. The average molecular weight is 417 g/mol. The Morgan fingerprint density at radius 3 is 2.72 bits per heavy atom. The minimum atomic E-state index is -0.381. The number of thioether (sulfide) groups is 1. The Labute approximate surface area is 178 Å². The lowest BCUT2D eigenvalue weighted by Crippen LogP contribution is -2.45. The van der Waals surface area contributed by atoms with Gasteiger partial charge < -0.3 is 10.2 Å². The maximum atomic E-state index is 13.1. The zero-order valence-electron chi connectivity index (χ0n) is 17.9. The molecule has 0 radical (unpaired) electrons. The Balaban J connectivity index is 1.69. The first-order chi connectivity index (χ1) is 13.9. The number of carbonyl (C=O) groups excluding carboxylic acids is 2. The van der Waals surface area contributed by atoms with Gasteiger partial charge in [0, 0.05) is 19.0 Å². The third-order valence-electron chi connectivity index (χ3n) is 5.67. The van der Waals surface area contributed by atoms with E-state index < -0.39 is 0 Å². The van der Waals surface area contributed by atoms with Gasteiger partial charge in [0.25, 0.3) is 0 Å². The summed E-state index contributed by atoms with van der Waals surface area (Å²) < 4.78 is 0. The highest BCUT2D eigenvalue weighted by Crippen LogP contribution is 2.38. The molecule has 1 aromatic rings. The van der Waals surface area contributed by atoms with Crippen LogP contribution in [0.15, 0.2) is 23.2 Å². The van der Waals surface area contributed by atoms with Crippen molar-refractivity contribution in [1.29, 1.82) is 0 Å². The Morgan fingerprint density at radius 2 is 2.07 bits per heavy atom. The van der Waals surface area contributed by atoms with E-state index in [0.717, 1.165) is 48.6 Å². The van der Waals surface area contributed by atoms with Gasteiger partial charge in [0.2, 0.25) is 11.8 Å². The summed E-state index contributed by atoms with van der Waals surface area (Å²) in [6, 6.07) is 6.28. The van der Waals surface area contributed by atoms with E-state index in [4.69, 9.17) is 4.99 Å². The first-order valence-electron chi connectivity index (χ1n) is 10.4. The molecule has 1 aliphatic carbocycles. The summed E-state index contributed by atoms with van der Waals surface area (Å²) in [6.45, 7) is 5.69. The van der Waals surface area contributed by atoms with Gasteiger partial charge in [-0.1, -0.05) is 23.9 Å². The second kappa shape index (κ2) is 9.76. The first-order valence-corrected chi connectivity index (χ1v) is 11.3. The van der Waals surface area contributed by atoms with E-state index in [1.165, 1.54) is 17.3 Å². The lowest BCUT2D eigenvalue weighted by atomic mass is 9.91. The number of aryl methyl sites for hydroxylation is 1. The molecule has 2 amide bonds. The normalized spacial score (nSPS) is 21.1. The number of amidine groups is 1. The lowest BCUT2D eigenvalue weighted by Gasteiger charge is -2.34. The largest absolute Gasteiger partial charge is 0.356 e. The monoisotopic (exact) mass is 416 g/mol. The van der Waals surface area contributed by atoms with Crippen molar-refractivity contribution in [2.24, 2.45) is 4.99 Å². The van der Waals surface area contributed by atoms with Crippen LogP contribution >= 0.6 is 11.8 Å². The molecule has 1 saturated heterocycles. The Hall–Kier alpha value is -1.86. The number of rotatable bonds is 8. The van der Waals surface area contributed by atoms with Crippen LogP contribution in [-0.4, -0.2) is 65.3 Å². The number of hydrogen-bond acceptors (Lipinski definition) is 5. The molecule has 3 rings (SSSR count). The van der Waals surface area contributed by atoms with Crippen molar-refractivity contribution in [3.8, 4) is 0 Å². The van der Waals surface area contributed by atoms with E-state index in [1.807, 2.05) is 31.1 Å². The maximum Gasteiger partial charge on any atom is 0.242 e. The number of nitrogens with one attached hydrogen (secondary N) is 1. The summed E-state index contributed by atoms with van der Waals surface area (Å²) in [4.78, 5) is 34.3. The van der Waals surface area contributed by atoms with Gasteiger partial charge in [0.1, 0.15) is 5.25 Å². The summed E-state index contributed by atoms with van der Waals surface area (Å²) in [7, 11) is 4.03. The smallest absolute Gasteiger partial charge is 0.242 e. The Morgan fingerprint density at radius 1 is 1.31 bits per heavy atom. The third kappa shape index (κ3) is 5.39. The number of aliphatic imine (C=N–C) groups is 1. The standard InChI is InChI=1S/C22H32N4O2S/c1-15-8-5-11-18(16(15)2)24-22-26(17-9-6-10-17)21(28)19(29-22)14-20(27)23-12-7-13-25(3)4/h5,8,11,17,19H,6-7,9-10,12-14H2,1-4H3,(H,23,27). The van der Waals surface area contributed by atoms with Crippen LogP contribution < -0.4 is 5.32 Å². The van der Waals surface area contributed by atoms with Crippen molar-refractivity contribution in [2.75, 3.05) is 27.2 Å². The van der Waals surface area contributed by atoms with Crippen LogP contribution in [0.1, 0.15) is 43.2 Å². The number of nitrogens with zero attached hydrogens (tertiary/aromatic N) is 3. The second-order valence-electron chi connectivity index (χ2n) is 8.22. The molecule has 0 bridgehead atoms. The quantitative estimate of drug-likeness (QED) is 0.661. The summed E-state index contributed by atoms with van der Waals surface area (Å²) in [6.07, 6.45) is 4.29. The molecule has 1 aliphatic heterocycles. The third-order valence-corrected chi connectivity index (χ3v) is 6.83. The first kappa shape index (κ1) is 21.8. The van der Waals surface area contributed by atoms with Crippen LogP contribution in [0.4, 0.5) is 5.69 Å². The Kier molecular flexibility index (Phi) is 7.35. The van der Waals surface area contributed by atoms with E-state index >= 15 is 0 Å². The molecule has 1 unspecified atom stereocenters. The van der Waals surface area contributed by atoms with E-state index in [1.54, 1.807) is 0 Å². The lowest BCUT2D eigenvalue weighted by molar-refractivity contribution is -0.131. The Bertz CT molecular complexity index is 789. The summed E-state index contributed by atoms with van der Waals surface area (Å²) in [5.74, 6) is -0.0247. The highest BCUT2D eigenvalue weighted by molar-refractivity contribution is 8.15. The van der Waals surface area contributed by atoms with Crippen LogP contribution in [0, 0.1) is 13.8 Å². The number of hydrogen-bond donors (Lipinski definition) is 1. The van der Waals surface area contributed by atoms with Crippen molar-refractivity contribution in [1.82, 2.24) is 15.1 Å². The summed E-state index contributed by atoms with van der Waals surface area (Å²) in [5.41, 5.74) is 3.21. The van der Waals surface area contributed by atoms with Gasteiger partial charge in [0.15, 0.2) is 5.17 Å². The summed E-state index contributed by atoms with van der Waals surface area (Å²) >= 11 is 1.44. The molecule has 2 fully saturated rings. The zero-order chi connectivity index (χ0) is 21.0.